The van der Waals surface area contributed by atoms with Crippen LogP contribution in [0.1, 0.15) is 12.0 Å². The summed E-state index contributed by atoms with van der Waals surface area (Å²) in [6.07, 6.45) is -4.48. The first-order valence-electron chi connectivity index (χ1n) is 7.34. The first-order valence-corrected chi connectivity index (χ1v) is 7.72. The number of hydrogen-bond donors (Lipinski definition) is 2. The number of hydrogen-bond acceptors (Lipinski definition) is 3. The van der Waals surface area contributed by atoms with Crippen molar-refractivity contribution in [3.63, 3.8) is 0 Å². The summed E-state index contributed by atoms with van der Waals surface area (Å²) >= 11 is 5.88. The van der Waals surface area contributed by atoms with Gasteiger partial charge in [-0.15, -0.1) is 0 Å². The summed E-state index contributed by atoms with van der Waals surface area (Å²) in [7, 11) is 1.45. The normalized spacial score (nSPS) is 11.1. The minimum Gasteiger partial charge on any atom is -0.495 e. The summed E-state index contributed by atoms with van der Waals surface area (Å²) in [5.74, 6) is 0.0608. The van der Waals surface area contributed by atoms with Crippen molar-refractivity contribution in [2.45, 2.75) is 12.6 Å². The molecule has 0 radical (unpaired) electrons. The van der Waals surface area contributed by atoms with Gasteiger partial charge in [0.15, 0.2) is 0 Å². The maximum Gasteiger partial charge on any atom is 0.418 e. The van der Waals surface area contributed by atoms with Crippen molar-refractivity contribution in [3.8, 4) is 5.75 Å². The standard InChI is InChI=1S/C17H16ClF3N2O2/c1-25-15-7-6-11(18)10-14(15)23-16(24)8-9-22-13-5-3-2-4-12(13)17(19,20)21/h2-7,10,22H,8-9H2,1H3,(H,23,24). The van der Waals surface area contributed by atoms with Crippen LogP contribution in [0.5, 0.6) is 5.75 Å². The number of ether oxygens (including phenoxy) is 1. The van der Waals surface area contributed by atoms with Crippen LogP contribution in [0.4, 0.5) is 24.5 Å². The lowest BCUT2D eigenvalue weighted by molar-refractivity contribution is -0.137. The van der Waals surface area contributed by atoms with E-state index in [-0.39, 0.29) is 24.6 Å². The monoisotopic (exact) mass is 372 g/mol. The molecule has 0 aliphatic carbocycles. The van der Waals surface area contributed by atoms with Gasteiger partial charge in [0, 0.05) is 23.7 Å². The topological polar surface area (TPSA) is 50.4 Å². The summed E-state index contributed by atoms with van der Waals surface area (Å²) < 4.78 is 43.8. The highest BCUT2D eigenvalue weighted by atomic mass is 35.5. The fraction of sp³-hybridized carbons (Fsp3) is 0.235. The summed E-state index contributed by atoms with van der Waals surface area (Å²) in [5.41, 5.74) is -0.439. The van der Waals surface area contributed by atoms with Crippen LogP contribution in [-0.4, -0.2) is 19.6 Å². The molecule has 2 aromatic carbocycles. The average Bonchev–Trinajstić information content (AvgIpc) is 2.54. The molecule has 0 saturated carbocycles. The third-order valence-electron chi connectivity index (χ3n) is 3.34. The summed E-state index contributed by atoms with van der Waals surface area (Å²) in [6, 6.07) is 9.87. The second-order valence-corrected chi connectivity index (χ2v) is 5.55. The van der Waals surface area contributed by atoms with Gasteiger partial charge in [0.2, 0.25) is 5.91 Å². The molecule has 0 aliphatic rings. The third-order valence-corrected chi connectivity index (χ3v) is 3.57. The molecule has 0 heterocycles. The van der Waals surface area contributed by atoms with E-state index in [4.69, 9.17) is 16.3 Å². The number of benzene rings is 2. The zero-order valence-electron chi connectivity index (χ0n) is 13.3. The highest BCUT2D eigenvalue weighted by molar-refractivity contribution is 6.31. The molecule has 25 heavy (non-hydrogen) atoms. The molecule has 0 spiro atoms. The molecule has 0 unspecified atom stereocenters. The Morgan fingerprint density at radius 2 is 1.88 bits per heavy atom. The summed E-state index contributed by atoms with van der Waals surface area (Å²) in [5, 5.41) is 5.69. The number of rotatable bonds is 6. The van der Waals surface area contributed by atoms with Crippen LogP contribution < -0.4 is 15.4 Å². The van der Waals surface area contributed by atoms with Crippen molar-refractivity contribution < 1.29 is 22.7 Å². The van der Waals surface area contributed by atoms with E-state index in [2.05, 4.69) is 10.6 Å². The van der Waals surface area contributed by atoms with Crippen molar-refractivity contribution in [3.05, 3.63) is 53.1 Å². The molecule has 0 fully saturated rings. The fourth-order valence-electron chi connectivity index (χ4n) is 2.19. The zero-order valence-corrected chi connectivity index (χ0v) is 14.0. The Morgan fingerprint density at radius 1 is 1.16 bits per heavy atom. The van der Waals surface area contributed by atoms with E-state index in [1.54, 1.807) is 12.1 Å². The number of para-hydroxylation sites is 1. The van der Waals surface area contributed by atoms with Gasteiger partial charge in [0.05, 0.1) is 18.4 Å². The van der Waals surface area contributed by atoms with E-state index < -0.39 is 11.7 Å². The predicted octanol–water partition coefficient (Wildman–Crippen LogP) is 4.81. The maximum absolute atomic E-state index is 12.9. The van der Waals surface area contributed by atoms with Crippen molar-refractivity contribution in [2.75, 3.05) is 24.3 Å². The first kappa shape index (κ1) is 18.9. The van der Waals surface area contributed by atoms with Crippen molar-refractivity contribution in [1.29, 1.82) is 0 Å². The first-order chi connectivity index (χ1) is 11.8. The fourth-order valence-corrected chi connectivity index (χ4v) is 2.36. The number of anilines is 2. The Labute approximate surface area is 147 Å². The Morgan fingerprint density at radius 3 is 2.56 bits per heavy atom. The second kappa shape index (κ2) is 8.11. The van der Waals surface area contributed by atoms with Gasteiger partial charge >= 0.3 is 6.18 Å². The van der Waals surface area contributed by atoms with Crippen LogP contribution >= 0.6 is 11.6 Å². The van der Waals surface area contributed by atoms with Gasteiger partial charge in [-0.25, -0.2) is 0 Å². The number of carbonyl (C=O) groups is 1. The van der Waals surface area contributed by atoms with Crippen LogP contribution in [0.25, 0.3) is 0 Å². The van der Waals surface area contributed by atoms with E-state index in [9.17, 15) is 18.0 Å². The van der Waals surface area contributed by atoms with Gasteiger partial charge in [-0.3, -0.25) is 4.79 Å². The number of halogens is 4. The molecule has 1 amide bonds. The van der Waals surface area contributed by atoms with Gasteiger partial charge in [-0.05, 0) is 30.3 Å². The molecule has 8 heteroatoms. The van der Waals surface area contributed by atoms with Crippen LogP contribution in [0, 0.1) is 0 Å². The minimum absolute atomic E-state index is 0.0259. The Balaban J connectivity index is 1.95. The molecule has 134 valence electrons. The number of alkyl halides is 3. The van der Waals surface area contributed by atoms with E-state index in [1.807, 2.05) is 0 Å². The highest BCUT2D eigenvalue weighted by Crippen LogP contribution is 2.34. The number of amides is 1. The van der Waals surface area contributed by atoms with E-state index in [1.165, 1.54) is 31.4 Å². The molecule has 0 aromatic heterocycles. The molecule has 2 N–H and O–H groups in total. The third kappa shape index (κ3) is 5.29. The van der Waals surface area contributed by atoms with Crippen LogP contribution in [0.3, 0.4) is 0 Å². The van der Waals surface area contributed by atoms with Gasteiger partial charge < -0.3 is 15.4 Å². The lowest BCUT2D eigenvalue weighted by Gasteiger charge is -2.14. The van der Waals surface area contributed by atoms with E-state index in [0.717, 1.165) is 6.07 Å². The van der Waals surface area contributed by atoms with E-state index in [0.29, 0.717) is 16.5 Å². The van der Waals surface area contributed by atoms with Crippen LogP contribution in [0.2, 0.25) is 5.02 Å². The SMILES string of the molecule is COc1ccc(Cl)cc1NC(=O)CCNc1ccccc1C(F)(F)F. The van der Waals surface area contributed by atoms with Crippen molar-refractivity contribution in [2.24, 2.45) is 0 Å². The van der Waals surface area contributed by atoms with Gasteiger partial charge in [0.25, 0.3) is 0 Å². The minimum atomic E-state index is -4.46. The van der Waals surface area contributed by atoms with Crippen LogP contribution in [0.15, 0.2) is 42.5 Å². The quantitative estimate of drug-likeness (QED) is 0.765. The molecule has 2 rings (SSSR count). The number of methoxy groups -OCH3 is 1. The lowest BCUT2D eigenvalue weighted by Crippen LogP contribution is -2.18. The zero-order chi connectivity index (χ0) is 18.4. The highest BCUT2D eigenvalue weighted by Gasteiger charge is 2.33. The molecule has 4 nitrogen and oxygen atoms in total. The molecule has 2 aromatic rings. The summed E-state index contributed by atoms with van der Waals surface area (Å²) in [4.78, 5) is 12.0. The van der Waals surface area contributed by atoms with Gasteiger partial charge in [-0.2, -0.15) is 13.2 Å². The number of nitrogens with one attached hydrogen (secondary N) is 2. The Hall–Kier alpha value is -2.41. The second-order valence-electron chi connectivity index (χ2n) is 5.11. The molecule has 0 bridgehead atoms. The Bertz CT molecular complexity index is 751. The van der Waals surface area contributed by atoms with Gasteiger partial charge in [0.1, 0.15) is 5.75 Å². The predicted molar refractivity (Wildman–Crippen MR) is 91.2 cm³/mol. The number of carbonyl (C=O) groups excluding carboxylic acids is 1. The largest absolute Gasteiger partial charge is 0.495 e. The molecule has 0 aliphatic heterocycles. The maximum atomic E-state index is 12.9. The average molecular weight is 373 g/mol. The Kier molecular flexibility index (Phi) is 6.14. The lowest BCUT2D eigenvalue weighted by atomic mass is 10.1. The van der Waals surface area contributed by atoms with E-state index >= 15 is 0 Å². The van der Waals surface area contributed by atoms with Crippen LogP contribution in [-0.2, 0) is 11.0 Å². The smallest absolute Gasteiger partial charge is 0.418 e. The molecule has 0 atom stereocenters. The molecular formula is C17H16ClF3N2O2. The molecule has 0 saturated heterocycles. The van der Waals surface area contributed by atoms with Gasteiger partial charge in [-0.1, -0.05) is 23.7 Å². The van der Waals surface area contributed by atoms with Crippen molar-refractivity contribution >= 4 is 28.9 Å². The summed E-state index contributed by atoms with van der Waals surface area (Å²) in [6.45, 7) is 0.0435. The molecular weight excluding hydrogens is 357 g/mol. The van der Waals surface area contributed by atoms with Crippen molar-refractivity contribution in [1.82, 2.24) is 0 Å².